The first-order valence-electron chi connectivity index (χ1n) is 8.88. The van der Waals surface area contributed by atoms with Crippen molar-refractivity contribution in [2.75, 3.05) is 18.5 Å². The number of nitro benzene ring substituents is 1. The van der Waals surface area contributed by atoms with Crippen LogP contribution in [-0.4, -0.2) is 35.6 Å². The molecule has 2 aromatic carbocycles. The summed E-state index contributed by atoms with van der Waals surface area (Å²) in [5.74, 6) is -0.426. The van der Waals surface area contributed by atoms with E-state index in [2.05, 4.69) is 5.32 Å². The first-order chi connectivity index (χ1) is 13.7. The number of esters is 1. The minimum Gasteiger partial charge on any atom is -0.483 e. The second-order valence-corrected chi connectivity index (χ2v) is 7.05. The average molecular weight is 400 g/mol. The van der Waals surface area contributed by atoms with Gasteiger partial charge in [0.05, 0.1) is 4.92 Å². The predicted octanol–water partition coefficient (Wildman–Crippen LogP) is 2.87. The zero-order valence-electron chi connectivity index (χ0n) is 16.0. The fourth-order valence-electron chi connectivity index (χ4n) is 2.95. The lowest BCUT2D eigenvalue weighted by molar-refractivity contribution is -0.383. The van der Waals surface area contributed by atoms with Gasteiger partial charge in [-0.25, -0.2) is 4.79 Å². The molecule has 9 heteroatoms. The van der Waals surface area contributed by atoms with Crippen LogP contribution in [0.5, 0.6) is 11.5 Å². The van der Waals surface area contributed by atoms with Crippen molar-refractivity contribution in [1.29, 1.82) is 0 Å². The van der Waals surface area contributed by atoms with Crippen molar-refractivity contribution < 1.29 is 28.7 Å². The molecule has 0 saturated carbocycles. The number of nitro groups is 1. The third kappa shape index (κ3) is 5.01. The third-order valence-corrected chi connectivity index (χ3v) is 4.14. The monoisotopic (exact) mass is 400 g/mol. The number of rotatable bonds is 7. The molecule has 0 saturated heterocycles. The summed E-state index contributed by atoms with van der Waals surface area (Å²) in [6, 6.07) is 11.1. The summed E-state index contributed by atoms with van der Waals surface area (Å²) in [7, 11) is 0. The van der Waals surface area contributed by atoms with Crippen LogP contribution in [0.15, 0.2) is 42.5 Å². The molecular formula is C20H20N2O7. The minimum atomic E-state index is -0.752. The molecule has 1 amide bonds. The molecule has 1 heterocycles. The highest BCUT2D eigenvalue weighted by atomic mass is 16.6. The van der Waals surface area contributed by atoms with E-state index in [-0.39, 0.29) is 17.0 Å². The Morgan fingerprint density at radius 3 is 2.69 bits per heavy atom. The molecule has 0 atom stereocenters. The topological polar surface area (TPSA) is 117 Å². The maximum Gasteiger partial charge on any atom is 0.344 e. The zero-order chi connectivity index (χ0) is 21.0. The minimum absolute atomic E-state index is 0.0226. The second kappa shape index (κ2) is 8.17. The number of para-hydroxylation sites is 3. The zero-order valence-corrected chi connectivity index (χ0v) is 16.0. The molecule has 0 aromatic heterocycles. The van der Waals surface area contributed by atoms with Crippen LogP contribution in [0.4, 0.5) is 11.4 Å². The quantitative estimate of drug-likeness (QED) is 0.431. The summed E-state index contributed by atoms with van der Waals surface area (Å²) in [5.41, 5.74) is 0.413. The molecular weight excluding hydrogens is 380 g/mol. The van der Waals surface area contributed by atoms with Gasteiger partial charge >= 0.3 is 5.97 Å². The number of anilines is 1. The lowest BCUT2D eigenvalue weighted by Gasteiger charge is -2.18. The fraction of sp³-hybridized carbons (Fsp3) is 0.300. The lowest BCUT2D eigenvalue weighted by Crippen LogP contribution is -2.25. The van der Waals surface area contributed by atoms with E-state index < -0.39 is 30.0 Å². The Morgan fingerprint density at radius 1 is 1.17 bits per heavy atom. The Balaban J connectivity index is 1.50. The molecule has 1 aliphatic heterocycles. The second-order valence-electron chi connectivity index (χ2n) is 7.05. The predicted molar refractivity (Wildman–Crippen MR) is 103 cm³/mol. The SMILES string of the molecule is CC1(C)Cc2cccc(OCC(=O)OCC(=O)Nc3ccccc3[N+](=O)[O-])c2O1. The molecule has 29 heavy (non-hydrogen) atoms. The van der Waals surface area contributed by atoms with Gasteiger partial charge in [0.15, 0.2) is 24.7 Å². The van der Waals surface area contributed by atoms with Gasteiger partial charge in [-0.2, -0.15) is 0 Å². The largest absolute Gasteiger partial charge is 0.483 e. The number of fused-ring (bicyclic) bond motifs is 1. The molecule has 0 unspecified atom stereocenters. The molecule has 0 aliphatic carbocycles. The van der Waals surface area contributed by atoms with Crippen LogP contribution in [0.2, 0.25) is 0 Å². The number of nitrogens with one attached hydrogen (secondary N) is 1. The van der Waals surface area contributed by atoms with Gasteiger partial charge < -0.3 is 19.5 Å². The van der Waals surface area contributed by atoms with Gasteiger partial charge in [0.2, 0.25) is 0 Å². The summed E-state index contributed by atoms with van der Waals surface area (Å²) < 4.78 is 16.2. The van der Waals surface area contributed by atoms with E-state index in [1.54, 1.807) is 12.1 Å². The van der Waals surface area contributed by atoms with Crippen molar-refractivity contribution in [3.8, 4) is 11.5 Å². The van der Waals surface area contributed by atoms with Crippen molar-refractivity contribution in [2.45, 2.75) is 25.9 Å². The number of carbonyl (C=O) groups excluding carboxylic acids is 2. The highest BCUT2D eigenvalue weighted by Crippen LogP contribution is 2.41. The molecule has 0 bridgehead atoms. The van der Waals surface area contributed by atoms with Crippen molar-refractivity contribution in [3.05, 3.63) is 58.1 Å². The normalized spacial score (nSPS) is 13.7. The van der Waals surface area contributed by atoms with Gasteiger partial charge in [0.1, 0.15) is 11.3 Å². The molecule has 3 rings (SSSR count). The number of carbonyl (C=O) groups is 2. The van der Waals surface area contributed by atoms with Crippen LogP contribution in [0.1, 0.15) is 19.4 Å². The highest BCUT2D eigenvalue weighted by Gasteiger charge is 2.32. The Hall–Kier alpha value is -3.62. The van der Waals surface area contributed by atoms with Gasteiger partial charge in [-0.1, -0.05) is 24.3 Å². The van der Waals surface area contributed by atoms with Gasteiger partial charge in [0, 0.05) is 18.1 Å². The van der Waals surface area contributed by atoms with Gasteiger partial charge in [0.25, 0.3) is 11.6 Å². The molecule has 0 fully saturated rings. The van der Waals surface area contributed by atoms with Crippen LogP contribution >= 0.6 is 0 Å². The number of amides is 1. The number of nitrogens with zero attached hydrogens (tertiary/aromatic N) is 1. The first-order valence-corrected chi connectivity index (χ1v) is 8.88. The summed E-state index contributed by atoms with van der Waals surface area (Å²) in [6.07, 6.45) is 0.732. The maximum absolute atomic E-state index is 11.9. The Kier molecular flexibility index (Phi) is 5.67. The summed E-state index contributed by atoms with van der Waals surface area (Å²) in [4.78, 5) is 34.2. The molecule has 1 aliphatic rings. The van der Waals surface area contributed by atoms with Gasteiger partial charge in [-0.3, -0.25) is 14.9 Å². The maximum atomic E-state index is 11.9. The highest BCUT2D eigenvalue weighted by molar-refractivity contribution is 5.94. The van der Waals surface area contributed by atoms with Crippen molar-refractivity contribution in [3.63, 3.8) is 0 Å². The van der Waals surface area contributed by atoms with Crippen molar-refractivity contribution in [2.24, 2.45) is 0 Å². The third-order valence-electron chi connectivity index (χ3n) is 4.14. The number of hydrogen-bond donors (Lipinski definition) is 1. The molecule has 2 aromatic rings. The average Bonchev–Trinajstić information content (AvgIpc) is 2.99. The van der Waals surface area contributed by atoms with Crippen LogP contribution in [0.3, 0.4) is 0 Å². The molecule has 1 N–H and O–H groups in total. The molecule has 0 radical (unpaired) electrons. The van der Waals surface area contributed by atoms with E-state index in [1.165, 1.54) is 18.2 Å². The van der Waals surface area contributed by atoms with Crippen LogP contribution in [0.25, 0.3) is 0 Å². The van der Waals surface area contributed by atoms with E-state index in [9.17, 15) is 19.7 Å². The number of benzene rings is 2. The van der Waals surface area contributed by atoms with Crippen LogP contribution in [0, 0.1) is 10.1 Å². The Labute approximate surface area is 166 Å². The standard InChI is InChI=1S/C20H20N2O7/c1-20(2)10-13-6-5-9-16(19(13)29-20)27-12-18(24)28-11-17(23)21-14-7-3-4-8-15(14)22(25)26/h3-9H,10-12H2,1-2H3,(H,21,23). The fourth-order valence-corrected chi connectivity index (χ4v) is 2.95. The van der Waals surface area contributed by atoms with Gasteiger partial charge in [-0.05, 0) is 26.0 Å². The number of ether oxygens (including phenoxy) is 3. The van der Waals surface area contributed by atoms with E-state index in [4.69, 9.17) is 14.2 Å². The summed E-state index contributed by atoms with van der Waals surface area (Å²) in [5, 5.41) is 13.3. The Morgan fingerprint density at radius 2 is 1.93 bits per heavy atom. The van der Waals surface area contributed by atoms with E-state index in [1.807, 2.05) is 26.0 Å². The van der Waals surface area contributed by atoms with Crippen LogP contribution < -0.4 is 14.8 Å². The van der Waals surface area contributed by atoms with Crippen molar-refractivity contribution >= 4 is 23.3 Å². The van der Waals surface area contributed by atoms with E-state index >= 15 is 0 Å². The Bertz CT molecular complexity index is 956. The molecule has 0 spiro atoms. The number of hydrogen-bond acceptors (Lipinski definition) is 7. The first kappa shape index (κ1) is 20.1. The van der Waals surface area contributed by atoms with Crippen LogP contribution in [-0.2, 0) is 20.7 Å². The van der Waals surface area contributed by atoms with Crippen molar-refractivity contribution in [1.82, 2.24) is 0 Å². The molecule has 9 nitrogen and oxygen atoms in total. The smallest absolute Gasteiger partial charge is 0.344 e. The summed E-state index contributed by atoms with van der Waals surface area (Å²) in [6.45, 7) is 2.92. The molecule has 152 valence electrons. The van der Waals surface area contributed by atoms with Gasteiger partial charge in [-0.15, -0.1) is 0 Å². The lowest BCUT2D eigenvalue weighted by atomic mass is 10.0. The summed E-state index contributed by atoms with van der Waals surface area (Å²) >= 11 is 0. The van der Waals surface area contributed by atoms with E-state index in [0.29, 0.717) is 11.5 Å². The van der Waals surface area contributed by atoms with E-state index in [0.717, 1.165) is 12.0 Å².